The monoisotopic (exact) mass is 320 g/mol. The molecule has 0 bridgehead atoms. The van der Waals surface area contributed by atoms with E-state index in [-0.39, 0.29) is 5.91 Å². The first-order valence-electron chi connectivity index (χ1n) is 7.22. The number of aromatic nitrogens is 2. The standard InChI is InChI=1S/C14H16N4OS2/c19-13(11-2-1-9-20-11)17-5-7-18(8-6-17)14-15-12(16-21-14)10-3-4-10/h1-2,9-10H,3-8H2. The van der Waals surface area contributed by atoms with Crippen LogP contribution in [0.1, 0.15) is 34.3 Å². The molecule has 21 heavy (non-hydrogen) atoms. The predicted octanol–water partition coefficient (Wildman–Crippen LogP) is 2.44. The highest BCUT2D eigenvalue weighted by atomic mass is 32.1. The molecule has 110 valence electrons. The van der Waals surface area contributed by atoms with Crippen molar-refractivity contribution in [2.24, 2.45) is 0 Å². The van der Waals surface area contributed by atoms with Gasteiger partial charge >= 0.3 is 0 Å². The molecule has 1 aliphatic heterocycles. The minimum Gasteiger partial charge on any atom is -0.343 e. The molecule has 0 aromatic carbocycles. The van der Waals surface area contributed by atoms with Crippen molar-refractivity contribution in [3.05, 3.63) is 28.2 Å². The summed E-state index contributed by atoms with van der Waals surface area (Å²) in [6.45, 7) is 3.21. The van der Waals surface area contributed by atoms with Gasteiger partial charge in [0.25, 0.3) is 5.91 Å². The number of carbonyl (C=O) groups excluding carboxylic acids is 1. The molecule has 1 saturated carbocycles. The quantitative estimate of drug-likeness (QED) is 0.871. The molecule has 3 heterocycles. The van der Waals surface area contributed by atoms with Gasteiger partial charge in [0.2, 0.25) is 5.13 Å². The summed E-state index contributed by atoms with van der Waals surface area (Å²) in [5.74, 6) is 1.78. The molecule has 2 aromatic rings. The van der Waals surface area contributed by atoms with Crippen molar-refractivity contribution in [2.45, 2.75) is 18.8 Å². The summed E-state index contributed by atoms with van der Waals surface area (Å²) in [4.78, 5) is 22.0. The lowest BCUT2D eigenvalue weighted by Gasteiger charge is -2.34. The topological polar surface area (TPSA) is 49.3 Å². The Morgan fingerprint density at radius 2 is 2.05 bits per heavy atom. The van der Waals surface area contributed by atoms with Crippen LogP contribution >= 0.6 is 22.9 Å². The Kier molecular flexibility index (Phi) is 3.39. The van der Waals surface area contributed by atoms with E-state index in [1.807, 2.05) is 22.4 Å². The lowest BCUT2D eigenvalue weighted by Crippen LogP contribution is -2.48. The zero-order chi connectivity index (χ0) is 14.2. The van der Waals surface area contributed by atoms with E-state index in [2.05, 4.69) is 14.3 Å². The normalized spacial score (nSPS) is 19.0. The second-order valence-corrected chi connectivity index (χ2v) is 7.14. The number of nitrogens with zero attached hydrogens (tertiary/aromatic N) is 4. The Labute approximate surface area is 131 Å². The lowest BCUT2D eigenvalue weighted by molar-refractivity contribution is 0.0751. The molecule has 2 aromatic heterocycles. The van der Waals surface area contributed by atoms with Crippen molar-refractivity contribution >= 4 is 33.9 Å². The molecule has 1 saturated heterocycles. The Hall–Kier alpha value is -1.47. The molecule has 0 N–H and O–H groups in total. The van der Waals surface area contributed by atoms with Crippen LogP contribution in [0.3, 0.4) is 0 Å². The van der Waals surface area contributed by atoms with Gasteiger partial charge in [-0.1, -0.05) is 6.07 Å². The van der Waals surface area contributed by atoms with Crippen LogP contribution in [0.5, 0.6) is 0 Å². The molecule has 1 amide bonds. The van der Waals surface area contributed by atoms with Crippen LogP contribution in [0.25, 0.3) is 0 Å². The van der Waals surface area contributed by atoms with Crippen molar-refractivity contribution in [1.29, 1.82) is 0 Å². The first-order valence-corrected chi connectivity index (χ1v) is 8.88. The molecule has 0 unspecified atom stereocenters. The van der Waals surface area contributed by atoms with Crippen molar-refractivity contribution in [3.63, 3.8) is 0 Å². The number of hydrogen-bond acceptors (Lipinski definition) is 6. The van der Waals surface area contributed by atoms with Crippen LogP contribution < -0.4 is 4.90 Å². The van der Waals surface area contributed by atoms with Crippen molar-refractivity contribution in [2.75, 3.05) is 31.1 Å². The highest BCUT2D eigenvalue weighted by molar-refractivity contribution is 7.12. The highest BCUT2D eigenvalue weighted by Gasteiger charge is 2.30. The van der Waals surface area contributed by atoms with Gasteiger partial charge in [-0.2, -0.15) is 4.37 Å². The third kappa shape index (κ3) is 2.67. The minimum atomic E-state index is 0.153. The zero-order valence-electron chi connectivity index (χ0n) is 11.6. The van der Waals surface area contributed by atoms with Gasteiger partial charge in [-0.15, -0.1) is 11.3 Å². The van der Waals surface area contributed by atoms with Gasteiger partial charge in [0.1, 0.15) is 5.82 Å². The van der Waals surface area contributed by atoms with Gasteiger partial charge in [-0.25, -0.2) is 4.98 Å². The molecule has 0 spiro atoms. The predicted molar refractivity (Wildman–Crippen MR) is 84.3 cm³/mol. The van der Waals surface area contributed by atoms with Gasteiger partial charge in [0, 0.05) is 43.6 Å². The summed E-state index contributed by atoms with van der Waals surface area (Å²) < 4.78 is 4.46. The third-order valence-corrected chi connectivity index (χ3v) is 5.59. The molecule has 0 atom stereocenters. The second-order valence-electron chi connectivity index (χ2n) is 5.47. The van der Waals surface area contributed by atoms with Crippen LogP contribution in [0.4, 0.5) is 5.13 Å². The maximum absolute atomic E-state index is 12.3. The van der Waals surface area contributed by atoms with E-state index < -0.39 is 0 Å². The molecule has 0 radical (unpaired) electrons. The number of hydrogen-bond donors (Lipinski definition) is 0. The van der Waals surface area contributed by atoms with Crippen LogP contribution in [-0.2, 0) is 0 Å². The molecule has 2 fully saturated rings. The van der Waals surface area contributed by atoms with E-state index in [4.69, 9.17) is 0 Å². The summed E-state index contributed by atoms with van der Waals surface area (Å²) >= 11 is 3.01. The molecule has 7 heteroatoms. The maximum atomic E-state index is 12.3. The molecule has 1 aliphatic carbocycles. The maximum Gasteiger partial charge on any atom is 0.264 e. The Morgan fingerprint density at radius 3 is 2.71 bits per heavy atom. The molecular weight excluding hydrogens is 304 g/mol. The zero-order valence-corrected chi connectivity index (χ0v) is 13.2. The average molecular weight is 320 g/mol. The van der Waals surface area contributed by atoms with Gasteiger partial charge in [0.05, 0.1) is 4.88 Å². The molecular formula is C14H16N4OS2. The summed E-state index contributed by atoms with van der Waals surface area (Å²) in [6.07, 6.45) is 2.47. The molecule has 2 aliphatic rings. The van der Waals surface area contributed by atoms with Crippen LogP contribution in [0.15, 0.2) is 17.5 Å². The van der Waals surface area contributed by atoms with Crippen molar-refractivity contribution in [1.82, 2.24) is 14.3 Å². The third-order valence-electron chi connectivity index (χ3n) is 3.94. The number of anilines is 1. The average Bonchev–Trinajstić information content (AvgIpc) is 3.05. The first-order chi connectivity index (χ1) is 10.3. The van der Waals surface area contributed by atoms with Gasteiger partial charge in [-0.05, 0) is 24.3 Å². The molecule has 4 rings (SSSR count). The highest BCUT2D eigenvalue weighted by Crippen LogP contribution is 2.39. The fraction of sp³-hybridized carbons (Fsp3) is 0.500. The SMILES string of the molecule is O=C(c1cccs1)N1CCN(c2nc(C3CC3)ns2)CC1. The van der Waals surface area contributed by atoms with Gasteiger partial charge in [0.15, 0.2) is 0 Å². The smallest absolute Gasteiger partial charge is 0.264 e. The number of piperazine rings is 1. The van der Waals surface area contributed by atoms with E-state index in [0.717, 1.165) is 42.0 Å². The van der Waals surface area contributed by atoms with E-state index >= 15 is 0 Å². The van der Waals surface area contributed by atoms with Crippen LogP contribution in [0.2, 0.25) is 0 Å². The van der Waals surface area contributed by atoms with E-state index in [1.54, 1.807) is 0 Å². The van der Waals surface area contributed by atoms with E-state index in [0.29, 0.717) is 5.92 Å². The van der Waals surface area contributed by atoms with Crippen molar-refractivity contribution in [3.8, 4) is 0 Å². The van der Waals surface area contributed by atoms with E-state index in [1.165, 1.54) is 35.7 Å². The summed E-state index contributed by atoms with van der Waals surface area (Å²) in [5, 5.41) is 2.96. The Balaban J connectivity index is 1.38. The Morgan fingerprint density at radius 1 is 1.24 bits per heavy atom. The first kappa shape index (κ1) is 13.2. The minimum absolute atomic E-state index is 0.153. The summed E-state index contributed by atoms with van der Waals surface area (Å²) in [6, 6.07) is 3.82. The second kappa shape index (κ2) is 5.38. The number of thiophene rings is 1. The van der Waals surface area contributed by atoms with E-state index in [9.17, 15) is 4.79 Å². The van der Waals surface area contributed by atoms with Crippen LogP contribution in [-0.4, -0.2) is 46.3 Å². The lowest BCUT2D eigenvalue weighted by atomic mass is 10.3. The Bertz CT molecular complexity index is 627. The van der Waals surface area contributed by atoms with Gasteiger partial charge in [-0.3, -0.25) is 4.79 Å². The number of carbonyl (C=O) groups is 1. The van der Waals surface area contributed by atoms with Crippen LogP contribution in [0, 0.1) is 0 Å². The number of amides is 1. The summed E-state index contributed by atoms with van der Waals surface area (Å²) in [5.41, 5.74) is 0. The summed E-state index contributed by atoms with van der Waals surface area (Å²) in [7, 11) is 0. The largest absolute Gasteiger partial charge is 0.343 e. The molecule has 5 nitrogen and oxygen atoms in total. The van der Waals surface area contributed by atoms with Gasteiger partial charge < -0.3 is 9.80 Å². The van der Waals surface area contributed by atoms with Crippen molar-refractivity contribution < 1.29 is 4.79 Å². The number of rotatable bonds is 3. The fourth-order valence-corrected chi connectivity index (χ4v) is 4.01. The fourth-order valence-electron chi connectivity index (χ4n) is 2.52.